The quantitative estimate of drug-likeness (QED) is 0.767. The molecule has 5 nitrogen and oxygen atoms in total. The van der Waals surface area contributed by atoms with Crippen molar-refractivity contribution in [3.8, 4) is 0 Å². The number of rotatable bonds is 6. The molecule has 0 spiro atoms. The van der Waals surface area contributed by atoms with Crippen molar-refractivity contribution in [2.75, 3.05) is 25.6 Å². The van der Waals surface area contributed by atoms with Gasteiger partial charge in [-0.2, -0.15) is 0 Å². The second-order valence-electron chi connectivity index (χ2n) is 4.62. The Labute approximate surface area is 127 Å². The van der Waals surface area contributed by atoms with Crippen molar-refractivity contribution in [2.45, 2.75) is 5.60 Å². The van der Waals surface area contributed by atoms with Gasteiger partial charge in [-0.3, -0.25) is 5.32 Å². The summed E-state index contributed by atoms with van der Waals surface area (Å²) in [6, 6.07) is 12.4. The molecule has 0 aliphatic heterocycles. The van der Waals surface area contributed by atoms with Crippen molar-refractivity contribution in [1.82, 2.24) is 5.32 Å². The van der Waals surface area contributed by atoms with Gasteiger partial charge in [0, 0.05) is 7.11 Å². The summed E-state index contributed by atoms with van der Waals surface area (Å²) in [6.45, 7) is 0.151. The van der Waals surface area contributed by atoms with Gasteiger partial charge in [-0.25, -0.2) is 4.79 Å². The number of hydrogen-bond acceptors (Lipinski definition) is 4. The average Bonchev–Trinajstić information content (AvgIpc) is 2.99. The fourth-order valence-electron chi connectivity index (χ4n) is 1.96. The van der Waals surface area contributed by atoms with Gasteiger partial charge < -0.3 is 15.2 Å². The first kappa shape index (κ1) is 15.5. The highest BCUT2D eigenvalue weighted by Gasteiger charge is 2.29. The molecule has 21 heavy (non-hydrogen) atoms. The number of carbonyl (C=O) groups excluding carboxylic acids is 1. The number of nitrogens with one attached hydrogen (secondary N) is 2. The van der Waals surface area contributed by atoms with E-state index in [2.05, 4.69) is 10.6 Å². The maximum atomic E-state index is 11.8. The predicted octanol–water partition coefficient (Wildman–Crippen LogP) is 2.40. The molecule has 1 aromatic heterocycles. The molecule has 3 N–H and O–H groups in total. The third-order valence-corrected chi connectivity index (χ3v) is 3.78. The fraction of sp³-hybridized carbons (Fsp3) is 0.267. The average molecular weight is 306 g/mol. The van der Waals surface area contributed by atoms with E-state index in [1.807, 2.05) is 35.7 Å². The molecule has 0 aliphatic carbocycles. The first-order valence-electron chi connectivity index (χ1n) is 6.49. The lowest BCUT2D eigenvalue weighted by Crippen LogP contribution is -2.45. The Balaban J connectivity index is 1.98. The molecule has 6 heteroatoms. The summed E-state index contributed by atoms with van der Waals surface area (Å²) in [5.41, 5.74) is -0.564. The molecular formula is C15H18N2O3S. The van der Waals surface area contributed by atoms with Crippen LogP contribution in [0.15, 0.2) is 47.8 Å². The monoisotopic (exact) mass is 306 g/mol. The Morgan fingerprint density at radius 1 is 1.29 bits per heavy atom. The number of thiophene rings is 1. The minimum atomic E-state index is -1.26. The predicted molar refractivity (Wildman–Crippen MR) is 83.6 cm³/mol. The molecule has 112 valence electrons. The van der Waals surface area contributed by atoms with Crippen LogP contribution in [0.2, 0.25) is 0 Å². The molecule has 0 saturated carbocycles. The number of amides is 2. The van der Waals surface area contributed by atoms with Crippen molar-refractivity contribution in [1.29, 1.82) is 0 Å². The molecule has 2 amide bonds. The highest BCUT2D eigenvalue weighted by Crippen LogP contribution is 2.21. The fourth-order valence-corrected chi connectivity index (χ4v) is 2.57. The SMILES string of the molecule is COC[C@](O)(CNC(=O)Nc1cccs1)c1ccccc1. The highest BCUT2D eigenvalue weighted by molar-refractivity contribution is 7.14. The van der Waals surface area contributed by atoms with Crippen LogP contribution in [0.25, 0.3) is 0 Å². The van der Waals surface area contributed by atoms with E-state index in [1.54, 1.807) is 12.1 Å². The Kier molecular flexibility index (Phi) is 5.32. The third kappa shape index (κ3) is 4.29. The zero-order valence-corrected chi connectivity index (χ0v) is 12.5. The van der Waals surface area contributed by atoms with Crippen molar-refractivity contribution in [2.24, 2.45) is 0 Å². The topological polar surface area (TPSA) is 70.6 Å². The number of urea groups is 1. The third-order valence-electron chi connectivity index (χ3n) is 2.99. The molecule has 0 bridgehead atoms. The molecule has 0 radical (unpaired) electrons. The first-order valence-corrected chi connectivity index (χ1v) is 7.37. The normalized spacial score (nSPS) is 13.4. The number of carbonyl (C=O) groups is 1. The van der Waals surface area contributed by atoms with Crippen LogP contribution >= 0.6 is 11.3 Å². The van der Waals surface area contributed by atoms with Crippen LogP contribution in [0.3, 0.4) is 0 Å². The van der Waals surface area contributed by atoms with Crippen molar-refractivity contribution >= 4 is 22.4 Å². The summed E-state index contributed by atoms with van der Waals surface area (Å²) in [5, 5.41) is 18.7. The van der Waals surface area contributed by atoms with Gasteiger partial charge in [-0.1, -0.05) is 30.3 Å². The molecule has 0 saturated heterocycles. The lowest BCUT2D eigenvalue weighted by Gasteiger charge is -2.28. The number of methoxy groups -OCH3 is 1. The summed E-state index contributed by atoms with van der Waals surface area (Å²) < 4.78 is 5.08. The molecular weight excluding hydrogens is 288 g/mol. The molecule has 0 aliphatic rings. The van der Waals surface area contributed by atoms with Crippen molar-refractivity contribution in [3.05, 3.63) is 53.4 Å². The summed E-state index contributed by atoms with van der Waals surface area (Å²) in [4.78, 5) is 11.8. The van der Waals surface area contributed by atoms with E-state index in [0.717, 1.165) is 5.00 Å². The minimum Gasteiger partial charge on any atom is -0.381 e. The van der Waals surface area contributed by atoms with Crippen LogP contribution < -0.4 is 10.6 Å². The molecule has 2 aromatic rings. The smallest absolute Gasteiger partial charge is 0.319 e. The molecule has 0 unspecified atom stereocenters. The summed E-state index contributed by atoms with van der Waals surface area (Å²) in [7, 11) is 1.51. The number of anilines is 1. The molecule has 2 rings (SSSR count). The van der Waals surface area contributed by atoms with E-state index in [9.17, 15) is 9.90 Å². The van der Waals surface area contributed by atoms with Crippen molar-refractivity contribution in [3.63, 3.8) is 0 Å². The van der Waals surface area contributed by atoms with Gasteiger partial charge in [0.15, 0.2) is 0 Å². The molecule has 1 aromatic carbocycles. The second kappa shape index (κ2) is 7.21. The van der Waals surface area contributed by atoms with E-state index in [1.165, 1.54) is 18.4 Å². The lowest BCUT2D eigenvalue weighted by atomic mass is 9.94. The summed E-state index contributed by atoms with van der Waals surface area (Å²) >= 11 is 1.43. The van der Waals surface area contributed by atoms with Gasteiger partial charge in [0.2, 0.25) is 0 Å². The van der Waals surface area contributed by atoms with Crippen molar-refractivity contribution < 1.29 is 14.6 Å². The van der Waals surface area contributed by atoms with Gasteiger partial charge in [0.05, 0.1) is 18.2 Å². The van der Waals surface area contributed by atoms with Crippen LogP contribution in [0.4, 0.5) is 9.80 Å². The summed E-state index contributed by atoms with van der Waals surface area (Å²) in [6.07, 6.45) is 0. The maximum absolute atomic E-state index is 11.8. The van der Waals surface area contributed by atoms with E-state index in [0.29, 0.717) is 5.56 Å². The minimum absolute atomic E-state index is 0.0576. The van der Waals surface area contributed by atoms with Crippen LogP contribution in [0, 0.1) is 0 Å². The Morgan fingerprint density at radius 3 is 2.67 bits per heavy atom. The maximum Gasteiger partial charge on any atom is 0.319 e. The summed E-state index contributed by atoms with van der Waals surface area (Å²) in [5.74, 6) is 0. The van der Waals surface area contributed by atoms with Crippen LogP contribution in [0.1, 0.15) is 5.56 Å². The van der Waals surface area contributed by atoms with Gasteiger partial charge in [0.1, 0.15) is 5.60 Å². The standard InChI is InChI=1S/C15H18N2O3S/c1-20-11-15(19,12-6-3-2-4-7-12)10-16-14(18)17-13-8-5-9-21-13/h2-9,19H,10-11H2,1H3,(H2,16,17,18)/t15-/m1/s1. The molecule has 1 atom stereocenters. The highest BCUT2D eigenvalue weighted by atomic mass is 32.1. The van der Waals surface area contributed by atoms with Gasteiger partial charge in [-0.05, 0) is 23.1 Å². The Bertz CT molecular complexity index is 560. The Morgan fingerprint density at radius 2 is 2.05 bits per heavy atom. The number of aliphatic hydroxyl groups is 1. The van der Waals surface area contributed by atoms with Gasteiger partial charge in [0.25, 0.3) is 0 Å². The van der Waals surface area contributed by atoms with Gasteiger partial charge in [-0.15, -0.1) is 11.3 Å². The number of ether oxygens (including phenoxy) is 1. The number of hydrogen-bond donors (Lipinski definition) is 3. The van der Waals surface area contributed by atoms with Crippen LogP contribution in [-0.4, -0.2) is 31.4 Å². The molecule has 1 heterocycles. The zero-order valence-electron chi connectivity index (χ0n) is 11.7. The van der Waals surface area contributed by atoms with Gasteiger partial charge >= 0.3 is 6.03 Å². The van der Waals surface area contributed by atoms with E-state index in [4.69, 9.17) is 4.74 Å². The second-order valence-corrected chi connectivity index (χ2v) is 5.56. The first-order chi connectivity index (χ1) is 10.1. The van der Waals surface area contributed by atoms with Crippen LogP contribution in [0.5, 0.6) is 0 Å². The van der Waals surface area contributed by atoms with E-state index in [-0.39, 0.29) is 19.2 Å². The zero-order chi connectivity index (χ0) is 15.1. The lowest BCUT2D eigenvalue weighted by molar-refractivity contribution is -0.0324. The van der Waals surface area contributed by atoms with E-state index >= 15 is 0 Å². The van der Waals surface area contributed by atoms with Crippen LogP contribution in [-0.2, 0) is 10.3 Å². The largest absolute Gasteiger partial charge is 0.381 e. The van der Waals surface area contributed by atoms with E-state index < -0.39 is 5.60 Å². The molecule has 0 fully saturated rings. The Hall–Kier alpha value is -1.89. The number of benzene rings is 1.